The summed E-state index contributed by atoms with van der Waals surface area (Å²) in [6.07, 6.45) is -0.137. The molecule has 2 N–H and O–H groups in total. The molecule has 0 rings (SSSR count). The molecule has 0 saturated carbocycles. The summed E-state index contributed by atoms with van der Waals surface area (Å²) >= 11 is 0. The highest BCUT2D eigenvalue weighted by Gasteiger charge is 2.27. The van der Waals surface area contributed by atoms with E-state index >= 15 is 0 Å². The van der Waals surface area contributed by atoms with E-state index < -0.39 is 12.2 Å². The summed E-state index contributed by atoms with van der Waals surface area (Å²) in [6.45, 7) is 11.3. The van der Waals surface area contributed by atoms with Crippen molar-refractivity contribution >= 4 is 11.9 Å². The van der Waals surface area contributed by atoms with Crippen LogP contribution in [-0.4, -0.2) is 61.5 Å². The zero-order valence-electron chi connectivity index (χ0n) is 13.4. The van der Waals surface area contributed by atoms with Crippen LogP contribution in [0.4, 0.5) is 0 Å². The molecule has 1 atom stereocenters. The zero-order valence-corrected chi connectivity index (χ0v) is 13.4. The second-order valence-corrected chi connectivity index (χ2v) is 5.75. The lowest BCUT2D eigenvalue weighted by atomic mass is 10.3. The van der Waals surface area contributed by atoms with Gasteiger partial charge in [0.1, 0.15) is 0 Å². The first-order chi connectivity index (χ1) is 9.58. The highest BCUT2D eigenvalue weighted by molar-refractivity contribution is 5.92. The first-order valence-electron chi connectivity index (χ1n) is 6.85. The van der Waals surface area contributed by atoms with Crippen LogP contribution in [-0.2, 0) is 14.3 Å². The van der Waals surface area contributed by atoms with Gasteiger partial charge in [-0.05, 0) is 13.8 Å². The zero-order chi connectivity index (χ0) is 16.6. The third-order valence-electron chi connectivity index (χ3n) is 3.10. The number of aliphatic hydroxyl groups is 1. The molecule has 0 fully saturated rings. The predicted octanol–water partition coefficient (Wildman–Crippen LogP) is 0.583. The Labute approximate surface area is 126 Å². The van der Waals surface area contributed by atoms with Gasteiger partial charge in [0.05, 0.1) is 20.6 Å². The number of aliphatic hydroxyl groups excluding tert-OH is 1. The van der Waals surface area contributed by atoms with Crippen molar-refractivity contribution in [3.8, 4) is 0 Å². The van der Waals surface area contributed by atoms with Crippen molar-refractivity contribution in [1.82, 2.24) is 5.32 Å². The molecule has 0 radical (unpaired) electrons. The minimum Gasteiger partial charge on any atom is -0.453 e. The summed E-state index contributed by atoms with van der Waals surface area (Å²) in [5.74, 6) is -0.681. The second-order valence-electron chi connectivity index (χ2n) is 5.75. The van der Waals surface area contributed by atoms with Crippen LogP contribution >= 0.6 is 0 Å². The summed E-state index contributed by atoms with van der Waals surface area (Å²) in [6, 6.07) is 0. The maximum Gasteiger partial charge on any atom is 0.333 e. The molecule has 21 heavy (non-hydrogen) atoms. The molecule has 1 amide bonds. The molecule has 0 aliphatic carbocycles. The number of quaternary nitrogens is 1. The molecule has 0 aliphatic rings. The summed E-state index contributed by atoms with van der Waals surface area (Å²) in [7, 11) is 3.67. The number of nitrogens with zero attached hydrogens (tertiary/aromatic N) is 1. The van der Waals surface area contributed by atoms with Gasteiger partial charge in [-0.2, -0.15) is 0 Å². The van der Waals surface area contributed by atoms with Crippen LogP contribution in [0.2, 0.25) is 0 Å². The number of nitrogens with one attached hydrogen (secondary N) is 1. The third kappa shape index (κ3) is 7.63. The number of hydrogen-bond acceptors (Lipinski definition) is 4. The monoisotopic (exact) mass is 299 g/mol. The molecule has 1 unspecified atom stereocenters. The van der Waals surface area contributed by atoms with Gasteiger partial charge in [0.2, 0.25) is 12.1 Å². The van der Waals surface area contributed by atoms with E-state index in [2.05, 4.69) is 18.5 Å². The highest BCUT2D eigenvalue weighted by Crippen LogP contribution is 2.07. The van der Waals surface area contributed by atoms with Crippen molar-refractivity contribution in [3.05, 3.63) is 24.3 Å². The Morgan fingerprint density at radius 1 is 1.24 bits per heavy atom. The number of carbonyl (C=O) groups excluding carboxylic acids is 2. The Kier molecular flexibility index (Phi) is 7.91. The minimum absolute atomic E-state index is 0.0865. The van der Waals surface area contributed by atoms with E-state index in [-0.39, 0.29) is 17.0 Å². The second kappa shape index (κ2) is 8.59. The van der Waals surface area contributed by atoms with Gasteiger partial charge in [-0.1, -0.05) is 13.2 Å². The Bertz CT molecular complexity index is 416. The maximum atomic E-state index is 11.3. The van der Waals surface area contributed by atoms with E-state index in [0.29, 0.717) is 30.7 Å². The fourth-order valence-electron chi connectivity index (χ4n) is 1.46. The molecule has 0 saturated heterocycles. The SMILES string of the molecule is C=C(C)C(=O)NCCC[N+](C)(C)C(O)COC(=O)C(=C)C. The summed E-state index contributed by atoms with van der Waals surface area (Å²) < 4.78 is 5.21. The summed E-state index contributed by atoms with van der Waals surface area (Å²) in [5, 5.41) is 12.8. The van der Waals surface area contributed by atoms with Crippen molar-refractivity contribution in [3.63, 3.8) is 0 Å². The van der Waals surface area contributed by atoms with Gasteiger partial charge in [-0.3, -0.25) is 4.79 Å². The van der Waals surface area contributed by atoms with Crippen LogP contribution in [0, 0.1) is 0 Å². The molecule has 120 valence electrons. The summed E-state index contributed by atoms with van der Waals surface area (Å²) in [4.78, 5) is 22.6. The Balaban J connectivity index is 4.11. The molecule has 0 heterocycles. The van der Waals surface area contributed by atoms with E-state index in [0.717, 1.165) is 0 Å². The van der Waals surface area contributed by atoms with Crippen molar-refractivity contribution in [2.45, 2.75) is 26.5 Å². The Morgan fingerprint density at radius 3 is 2.29 bits per heavy atom. The lowest BCUT2D eigenvalue weighted by Crippen LogP contribution is -2.52. The molecule has 0 bridgehead atoms. The largest absolute Gasteiger partial charge is 0.453 e. The van der Waals surface area contributed by atoms with Crippen LogP contribution in [0.15, 0.2) is 24.3 Å². The molecular formula is C15H27N2O4+. The van der Waals surface area contributed by atoms with Crippen LogP contribution < -0.4 is 5.32 Å². The van der Waals surface area contributed by atoms with Crippen molar-refractivity contribution in [2.24, 2.45) is 0 Å². The maximum absolute atomic E-state index is 11.3. The van der Waals surface area contributed by atoms with E-state index in [1.807, 2.05) is 14.1 Å². The number of esters is 1. The van der Waals surface area contributed by atoms with E-state index in [4.69, 9.17) is 4.74 Å². The number of amides is 1. The number of carbonyl (C=O) groups is 2. The standard InChI is InChI=1S/C15H26N2O4/c1-11(2)14(19)16-8-7-9-17(5,6)13(18)10-21-15(20)12(3)4/h13,18H,1,3,7-10H2,2,4-6H3/p+1. The first-order valence-corrected chi connectivity index (χ1v) is 6.85. The molecular weight excluding hydrogens is 272 g/mol. The number of likely N-dealkylation sites (N-methyl/N-ethyl adjacent to an activating group) is 1. The minimum atomic E-state index is -0.829. The van der Waals surface area contributed by atoms with Gasteiger partial charge in [-0.15, -0.1) is 0 Å². The van der Waals surface area contributed by atoms with Crippen molar-refractivity contribution < 1.29 is 23.9 Å². The molecule has 0 aliphatic heterocycles. The quantitative estimate of drug-likeness (QED) is 0.215. The number of hydrogen-bond donors (Lipinski definition) is 2. The van der Waals surface area contributed by atoms with Crippen LogP contribution in [0.1, 0.15) is 20.3 Å². The predicted molar refractivity (Wildman–Crippen MR) is 81.2 cm³/mol. The van der Waals surface area contributed by atoms with E-state index in [1.165, 1.54) is 0 Å². The van der Waals surface area contributed by atoms with Crippen LogP contribution in [0.25, 0.3) is 0 Å². The molecule has 6 heteroatoms. The highest BCUT2D eigenvalue weighted by atomic mass is 16.5. The molecule has 0 spiro atoms. The van der Waals surface area contributed by atoms with Gasteiger partial charge >= 0.3 is 5.97 Å². The third-order valence-corrected chi connectivity index (χ3v) is 3.10. The first kappa shape index (κ1) is 19.3. The Morgan fingerprint density at radius 2 is 1.81 bits per heavy atom. The fraction of sp³-hybridized carbons (Fsp3) is 0.600. The topological polar surface area (TPSA) is 75.6 Å². The average Bonchev–Trinajstić information content (AvgIpc) is 2.39. The van der Waals surface area contributed by atoms with Gasteiger partial charge in [0.15, 0.2) is 6.61 Å². The number of ether oxygens (including phenoxy) is 1. The molecule has 0 aromatic heterocycles. The normalized spacial score (nSPS) is 12.4. The lowest BCUT2D eigenvalue weighted by Gasteiger charge is -2.34. The molecule has 6 nitrogen and oxygen atoms in total. The average molecular weight is 299 g/mol. The fourth-order valence-corrected chi connectivity index (χ4v) is 1.46. The molecule has 0 aromatic rings. The van der Waals surface area contributed by atoms with E-state index in [1.54, 1.807) is 13.8 Å². The Hall–Kier alpha value is -1.66. The smallest absolute Gasteiger partial charge is 0.333 e. The lowest BCUT2D eigenvalue weighted by molar-refractivity contribution is -0.937. The van der Waals surface area contributed by atoms with Crippen molar-refractivity contribution in [2.75, 3.05) is 33.8 Å². The van der Waals surface area contributed by atoms with Gasteiger partial charge in [0, 0.05) is 24.1 Å². The van der Waals surface area contributed by atoms with Gasteiger partial charge in [-0.25, -0.2) is 4.79 Å². The summed E-state index contributed by atoms with van der Waals surface area (Å²) in [5.41, 5.74) is 0.769. The van der Waals surface area contributed by atoms with Crippen molar-refractivity contribution in [1.29, 1.82) is 0 Å². The van der Waals surface area contributed by atoms with Gasteiger partial charge < -0.3 is 19.6 Å². The van der Waals surface area contributed by atoms with Gasteiger partial charge in [0.25, 0.3) is 0 Å². The van der Waals surface area contributed by atoms with Crippen LogP contribution in [0.3, 0.4) is 0 Å². The van der Waals surface area contributed by atoms with Crippen LogP contribution in [0.5, 0.6) is 0 Å². The van der Waals surface area contributed by atoms with E-state index in [9.17, 15) is 14.7 Å². The molecule has 0 aromatic carbocycles. The number of rotatable bonds is 9.